The molecule has 0 aliphatic carbocycles. The van der Waals surface area contributed by atoms with Crippen molar-refractivity contribution in [2.75, 3.05) is 11.9 Å². The molecule has 0 aliphatic rings. The van der Waals surface area contributed by atoms with E-state index in [4.69, 9.17) is 5.11 Å². The van der Waals surface area contributed by atoms with Gasteiger partial charge in [0, 0.05) is 32.0 Å². The summed E-state index contributed by atoms with van der Waals surface area (Å²) >= 11 is 0. The lowest BCUT2D eigenvalue weighted by Gasteiger charge is -2.22. The second-order valence-corrected chi connectivity index (χ2v) is 5.28. The lowest BCUT2D eigenvalue weighted by Crippen LogP contribution is -2.41. The summed E-state index contributed by atoms with van der Waals surface area (Å²) in [6.07, 6.45) is 2.10. The highest BCUT2D eigenvalue weighted by Gasteiger charge is 2.16. The summed E-state index contributed by atoms with van der Waals surface area (Å²) in [7, 11) is 1.63. The SMILES string of the molecule is Cc1cc(=O)n(C)cc1NC(=O)NC(CCO)C(C)C. The van der Waals surface area contributed by atoms with E-state index in [2.05, 4.69) is 10.6 Å². The van der Waals surface area contributed by atoms with Gasteiger partial charge in [-0.25, -0.2) is 4.79 Å². The highest BCUT2D eigenvalue weighted by Crippen LogP contribution is 2.11. The van der Waals surface area contributed by atoms with Gasteiger partial charge >= 0.3 is 6.03 Å². The summed E-state index contributed by atoms with van der Waals surface area (Å²) in [6, 6.07) is 1.05. The maximum Gasteiger partial charge on any atom is 0.319 e. The fourth-order valence-corrected chi connectivity index (χ4v) is 1.89. The highest BCUT2D eigenvalue weighted by molar-refractivity contribution is 5.90. The summed E-state index contributed by atoms with van der Waals surface area (Å²) < 4.78 is 1.41. The molecule has 0 spiro atoms. The van der Waals surface area contributed by atoms with Gasteiger partial charge in [0.05, 0.1) is 5.69 Å². The van der Waals surface area contributed by atoms with Gasteiger partial charge < -0.3 is 20.3 Å². The van der Waals surface area contributed by atoms with Crippen molar-refractivity contribution in [3.63, 3.8) is 0 Å². The van der Waals surface area contributed by atoms with E-state index in [0.29, 0.717) is 17.7 Å². The molecular formula is C14H23N3O3. The summed E-state index contributed by atoms with van der Waals surface area (Å²) in [5.74, 6) is 0.231. The van der Waals surface area contributed by atoms with Crippen molar-refractivity contribution in [2.45, 2.75) is 33.2 Å². The number of aliphatic hydroxyl groups is 1. The van der Waals surface area contributed by atoms with E-state index in [1.54, 1.807) is 20.2 Å². The first-order chi connectivity index (χ1) is 9.35. The minimum absolute atomic E-state index is 0.0298. The van der Waals surface area contributed by atoms with Crippen LogP contribution in [0, 0.1) is 12.8 Å². The quantitative estimate of drug-likeness (QED) is 0.759. The number of rotatable bonds is 5. The molecule has 6 nitrogen and oxygen atoms in total. The van der Waals surface area contributed by atoms with Crippen molar-refractivity contribution in [1.29, 1.82) is 0 Å². The minimum atomic E-state index is -0.334. The molecule has 0 fully saturated rings. The van der Waals surface area contributed by atoms with Crippen molar-refractivity contribution in [3.05, 3.63) is 28.2 Å². The number of nitrogens with one attached hydrogen (secondary N) is 2. The van der Waals surface area contributed by atoms with Gasteiger partial charge in [-0.2, -0.15) is 0 Å². The topological polar surface area (TPSA) is 83.4 Å². The van der Waals surface area contributed by atoms with Gasteiger partial charge in [-0.05, 0) is 24.8 Å². The number of urea groups is 1. The second-order valence-electron chi connectivity index (χ2n) is 5.28. The average Bonchev–Trinajstić information content (AvgIpc) is 2.35. The molecule has 0 aromatic carbocycles. The smallest absolute Gasteiger partial charge is 0.319 e. The van der Waals surface area contributed by atoms with Gasteiger partial charge in [-0.1, -0.05) is 13.8 Å². The van der Waals surface area contributed by atoms with Crippen LogP contribution in [0.1, 0.15) is 25.8 Å². The molecule has 0 radical (unpaired) electrons. The molecule has 0 bridgehead atoms. The number of carbonyl (C=O) groups is 1. The molecule has 20 heavy (non-hydrogen) atoms. The van der Waals surface area contributed by atoms with Gasteiger partial charge in [0.15, 0.2) is 0 Å². The molecule has 2 amide bonds. The van der Waals surface area contributed by atoms with Crippen LogP contribution < -0.4 is 16.2 Å². The summed E-state index contributed by atoms with van der Waals surface area (Å²) in [5.41, 5.74) is 1.19. The lowest BCUT2D eigenvalue weighted by atomic mass is 10.0. The van der Waals surface area contributed by atoms with Crippen LogP contribution in [0.5, 0.6) is 0 Å². The summed E-state index contributed by atoms with van der Waals surface area (Å²) in [5, 5.41) is 14.5. The van der Waals surface area contributed by atoms with E-state index in [-0.39, 0.29) is 30.2 Å². The Balaban J connectivity index is 2.75. The standard InChI is InChI=1S/C14H23N3O3/c1-9(2)11(5-6-18)15-14(20)16-12-8-17(4)13(19)7-10(12)3/h7-9,11,18H,5-6H2,1-4H3,(H2,15,16,20). The Bertz CT molecular complexity index is 523. The number of aromatic nitrogens is 1. The number of hydrogen-bond acceptors (Lipinski definition) is 3. The molecule has 0 saturated carbocycles. The van der Waals surface area contributed by atoms with Crippen molar-refractivity contribution in [1.82, 2.24) is 9.88 Å². The summed E-state index contributed by atoms with van der Waals surface area (Å²) in [4.78, 5) is 23.4. The Labute approximate surface area is 118 Å². The van der Waals surface area contributed by atoms with Crippen LogP contribution in [0.15, 0.2) is 17.1 Å². The Hall–Kier alpha value is -1.82. The Morgan fingerprint density at radius 2 is 2.10 bits per heavy atom. The largest absolute Gasteiger partial charge is 0.396 e. The van der Waals surface area contributed by atoms with Crippen LogP contribution in [0.3, 0.4) is 0 Å². The first kappa shape index (κ1) is 16.2. The van der Waals surface area contributed by atoms with Crippen LogP contribution in [0.25, 0.3) is 0 Å². The molecular weight excluding hydrogens is 258 g/mol. The molecule has 112 valence electrons. The van der Waals surface area contributed by atoms with E-state index >= 15 is 0 Å². The van der Waals surface area contributed by atoms with Gasteiger partial charge in [0.25, 0.3) is 5.56 Å². The van der Waals surface area contributed by atoms with E-state index in [0.717, 1.165) is 0 Å². The van der Waals surface area contributed by atoms with Crippen LogP contribution in [0.4, 0.5) is 10.5 Å². The Morgan fingerprint density at radius 1 is 1.45 bits per heavy atom. The summed E-state index contributed by atoms with van der Waals surface area (Å²) in [6.45, 7) is 5.77. The molecule has 1 rings (SSSR count). The normalized spacial score (nSPS) is 12.3. The van der Waals surface area contributed by atoms with Crippen molar-refractivity contribution >= 4 is 11.7 Å². The Kier molecular flexibility index (Phi) is 5.76. The first-order valence-electron chi connectivity index (χ1n) is 6.70. The molecule has 1 heterocycles. The predicted octanol–water partition coefficient (Wildman–Crippen LogP) is 1.22. The third-order valence-electron chi connectivity index (χ3n) is 3.24. The molecule has 1 atom stereocenters. The van der Waals surface area contributed by atoms with Gasteiger partial charge in [0.2, 0.25) is 0 Å². The van der Waals surface area contributed by atoms with E-state index < -0.39 is 0 Å². The molecule has 3 N–H and O–H groups in total. The van der Waals surface area contributed by atoms with Crippen molar-refractivity contribution in [2.24, 2.45) is 13.0 Å². The second kappa shape index (κ2) is 7.09. The average molecular weight is 281 g/mol. The minimum Gasteiger partial charge on any atom is -0.396 e. The number of amides is 2. The fourth-order valence-electron chi connectivity index (χ4n) is 1.89. The Morgan fingerprint density at radius 3 is 2.65 bits per heavy atom. The van der Waals surface area contributed by atoms with Crippen LogP contribution in [-0.4, -0.2) is 28.4 Å². The number of pyridine rings is 1. The van der Waals surface area contributed by atoms with Gasteiger partial charge in [0.1, 0.15) is 0 Å². The van der Waals surface area contributed by atoms with Crippen molar-refractivity contribution in [3.8, 4) is 0 Å². The third kappa shape index (κ3) is 4.38. The van der Waals surface area contributed by atoms with Gasteiger partial charge in [-0.15, -0.1) is 0 Å². The number of carbonyl (C=O) groups excluding carboxylic acids is 1. The van der Waals surface area contributed by atoms with Crippen LogP contribution in [-0.2, 0) is 7.05 Å². The highest BCUT2D eigenvalue weighted by atomic mass is 16.3. The van der Waals surface area contributed by atoms with E-state index in [1.165, 1.54) is 10.6 Å². The van der Waals surface area contributed by atoms with Crippen molar-refractivity contribution < 1.29 is 9.90 Å². The maximum atomic E-state index is 12.0. The predicted molar refractivity (Wildman–Crippen MR) is 78.9 cm³/mol. The zero-order valence-electron chi connectivity index (χ0n) is 12.4. The number of anilines is 1. The van der Waals surface area contributed by atoms with Crippen LogP contribution >= 0.6 is 0 Å². The molecule has 1 unspecified atom stereocenters. The molecule has 1 aromatic rings. The molecule has 6 heteroatoms. The molecule has 0 saturated heterocycles. The fraction of sp³-hybridized carbons (Fsp3) is 0.571. The zero-order valence-corrected chi connectivity index (χ0v) is 12.4. The number of aryl methyl sites for hydroxylation is 2. The lowest BCUT2D eigenvalue weighted by molar-refractivity contribution is 0.227. The molecule has 0 aliphatic heterocycles. The monoisotopic (exact) mass is 281 g/mol. The van der Waals surface area contributed by atoms with E-state index in [9.17, 15) is 9.59 Å². The maximum absolute atomic E-state index is 12.0. The zero-order chi connectivity index (χ0) is 15.3. The molecule has 1 aromatic heterocycles. The number of hydrogen-bond donors (Lipinski definition) is 3. The first-order valence-corrected chi connectivity index (χ1v) is 6.70. The van der Waals surface area contributed by atoms with E-state index in [1.807, 2.05) is 13.8 Å². The van der Waals surface area contributed by atoms with Gasteiger partial charge in [-0.3, -0.25) is 4.79 Å². The number of aliphatic hydroxyl groups excluding tert-OH is 1. The third-order valence-corrected chi connectivity index (χ3v) is 3.24. The number of nitrogens with zero attached hydrogens (tertiary/aromatic N) is 1. The van der Waals surface area contributed by atoms with Crippen LogP contribution in [0.2, 0.25) is 0 Å².